The minimum atomic E-state index is -1.52. The fourth-order valence-corrected chi connectivity index (χ4v) is 3.23. The molecule has 0 fully saturated rings. The topological polar surface area (TPSA) is 90.8 Å². The minimum Gasteiger partial charge on any atom is -0.508 e. The lowest BCUT2D eigenvalue weighted by molar-refractivity contribution is -0.118. The van der Waals surface area contributed by atoms with Gasteiger partial charge in [-0.3, -0.25) is 4.79 Å². The number of aromatic hydroxyl groups is 1. The molecule has 1 heterocycles. The van der Waals surface area contributed by atoms with E-state index in [0.717, 1.165) is 12.1 Å². The second-order valence-electron chi connectivity index (χ2n) is 7.58. The number of phenols is 1. The van der Waals surface area contributed by atoms with Crippen LogP contribution in [0.25, 0.3) is 0 Å². The van der Waals surface area contributed by atoms with Crippen LogP contribution in [0.3, 0.4) is 0 Å². The van der Waals surface area contributed by atoms with E-state index >= 15 is 0 Å². The first-order valence-corrected chi connectivity index (χ1v) is 8.92. The summed E-state index contributed by atoms with van der Waals surface area (Å²) in [6.45, 7) is 3.32. The lowest BCUT2D eigenvalue weighted by Crippen LogP contribution is -2.43. The molecule has 0 unspecified atom stereocenters. The van der Waals surface area contributed by atoms with Crippen molar-refractivity contribution >= 4 is 11.6 Å². The smallest absolute Gasteiger partial charge is 0.262 e. The normalized spacial score (nSPS) is 14.8. The fraction of sp³-hybridized carbons (Fsp3) is 0.350. The molecule has 1 amide bonds. The molecule has 1 aliphatic heterocycles. The number of hydrogen-bond donors (Lipinski definition) is 4. The van der Waals surface area contributed by atoms with E-state index in [1.807, 2.05) is 0 Å². The van der Waals surface area contributed by atoms with Gasteiger partial charge in [-0.15, -0.1) is 0 Å². The maximum Gasteiger partial charge on any atom is 0.262 e. The van der Waals surface area contributed by atoms with Crippen LogP contribution >= 0.6 is 0 Å². The van der Waals surface area contributed by atoms with Crippen molar-refractivity contribution in [3.05, 3.63) is 52.8 Å². The molecular formula is C20H21F3N2O4. The van der Waals surface area contributed by atoms with Crippen LogP contribution in [0.4, 0.5) is 18.9 Å². The monoisotopic (exact) mass is 410 g/mol. The van der Waals surface area contributed by atoms with Crippen LogP contribution in [0.5, 0.6) is 11.5 Å². The van der Waals surface area contributed by atoms with E-state index < -0.39 is 29.1 Å². The van der Waals surface area contributed by atoms with Gasteiger partial charge in [-0.25, -0.2) is 13.2 Å². The Morgan fingerprint density at radius 2 is 1.86 bits per heavy atom. The van der Waals surface area contributed by atoms with Crippen molar-refractivity contribution in [1.82, 2.24) is 5.32 Å². The molecule has 29 heavy (non-hydrogen) atoms. The van der Waals surface area contributed by atoms with Crippen LogP contribution in [0.15, 0.2) is 24.3 Å². The molecule has 3 rings (SSSR count). The molecule has 4 N–H and O–H groups in total. The Morgan fingerprint density at radius 3 is 2.52 bits per heavy atom. The first kappa shape index (κ1) is 20.9. The van der Waals surface area contributed by atoms with Gasteiger partial charge in [-0.1, -0.05) is 0 Å². The summed E-state index contributed by atoms with van der Waals surface area (Å²) in [5.41, 5.74) is 0.0899. The van der Waals surface area contributed by atoms with Gasteiger partial charge in [0.15, 0.2) is 24.1 Å². The zero-order chi connectivity index (χ0) is 21.3. The number of amides is 1. The van der Waals surface area contributed by atoms with Gasteiger partial charge >= 0.3 is 0 Å². The minimum absolute atomic E-state index is 0.0202. The van der Waals surface area contributed by atoms with E-state index in [9.17, 15) is 28.2 Å². The molecule has 0 bridgehead atoms. The Morgan fingerprint density at radius 1 is 1.21 bits per heavy atom. The van der Waals surface area contributed by atoms with Gasteiger partial charge in [0, 0.05) is 23.7 Å². The lowest BCUT2D eigenvalue weighted by Gasteiger charge is -2.29. The molecule has 0 saturated carbocycles. The van der Waals surface area contributed by atoms with E-state index in [2.05, 4.69) is 10.6 Å². The highest BCUT2D eigenvalue weighted by Gasteiger charge is 2.26. The first-order valence-electron chi connectivity index (χ1n) is 8.92. The summed E-state index contributed by atoms with van der Waals surface area (Å²) in [6, 6.07) is 4.51. The third-order valence-corrected chi connectivity index (χ3v) is 4.55. The number of phenolic OH excluding ortho intramolecular Hbond substituents is 1. The van der Waals surface area contributed by atoms with Gasteiger partial charge in [0.25, 0.3) is 5.91 Å². The van der Waals surface area contributed by atoms with Crippen molar-refractivity contribution in [3.63, 3.8) is 0 Å². The molecule has 156 valence electrons. The number of fused-ring (bicyclic) bond motifs is 1. The van der Waals surface area contributed by atoms with E-state index in [1.165, 1.54) is 12.1 Å². The second-order valence-corrected chi connectivity index (χ2v) is 7.58. The van der Waals surface area contributed by atoms with Gasteiger partial charge in [-0.05, 0) is 44.0 Å². The maximum atomic E-state index is 13.4. The van der Waals surface area contributed by atoms with Gasteiger partial charge in [-0.2, -0.15) is 0 Å². The van der Waals surface area contributed by atoms with Gasteiger partial charge in [0.05, 0.1) is 11.8 Å². The van der Waals surface area contributed by atoms with E-state index in [-0.39, 0.29) is 53.8 Å². The van der Waals surface area contributed by atoms with Crippen LogP contribution in [0, 0.1) is 17.5 Å². The van der Waals surface area contributed by atoms with Gasteiger partial charge in [0.1, 0.15) is 11.5 Å². The molecule has 1 aliphatic rings. The van der Waals surface area contributed by atoms with Crippen molar-refractivity contribution in [2.45, 2.75) is 31.9 Å². The maximum absolute atomic E-state index is 13.4. The van der Waals surface area contributed by atoms with E-state index in [0.29, 0.717) is 0 Å². The third-order valence-electron chi connectivity index (χ3n) is 4.55. The van der Waals surface area contributed by atoms with E-state index in [4.69, 9.17) is 4.74 Å². The molecule has 9 heteroatoms. The molecular weight excluding hydrogens is 389 g/mol. The number of carbonyl (C=O) groups is 1. The van der Waals surface area contributed by atoms with Gasteiger partial charge in [0.2, 0.25) is 0 Å². The number of anilines is 1. The molecule has 6 nitrogen and oxygen atoms in total. The number of hydrogen-bond acceptors (Lipinski definition) is 5. The van der Waals surface area contributed by atoms with Crippen molar-refractivity contribution in [1.29, 1.82) is 0 Å². The zero-order valence-corrected chi connectivity index (χ0v) is 15.9. The van der Waals surface area contributed by atoms with Crippen molar-refractivity contribution in [2.75, 3.05) is 18.5 Å². The molecule has 0 aliphatic carbocycles. The first-order chi connectivity index (χ1) is 13.6. The average molecular weight is 410 g/mol. The number of β-amino-alcohol motifs (C(OH)–C–C–N with tert-alkyl or cyclic N) is 1. The largest absolute Gasteiger partial charge is 0.508 e. The highest BCUT2D eigenvalue weighted by atomic mass is 19.2. The highest BCUT2D eigenvalue weighted by molar-refractivity contribution is 5.96. The summed E-state index contributed by atoms with van der Waals surface area (Å²) in [6.07, 6.45) is -0.940. The Labute approximate surface area is 165 Å². The van der Waals surface area contributed by atoms with Crippen molar-refractivity contribution < 1.29 is 32.9 Å². The average Bonchev–Trinajstić information content (AvgIpc) is 2.62. The Hall–Kier alpha value is -2.78. The Bertz CT molecular complexity index is 927. The summed E-state index contributed by atoms with van der Waals surface area (Å²) in [5.74, 6) is -4.31. The summed E-state index contributed by atoms with van der Waals surface area (Å²) < 4.78 is 45.4. The highest BCUT2D eigenvalue weighted by Crippen LogP contribution is 2.38. The zero-order valence-electron chi connectivity index (χ0n) is 15.9. The summed E-state index contributed by atoms with van der Waals surface area (Å²) >= 11 is 0. The number of aliphatic hydroxyl groups is 1. The molecule has 2 aromatic carbocycles. The number of halogens is 3. The predicted molar refractivity (Wildman–Crippen MR) is 99.3 cm³/mol. The molecule has 0 aromatic heterocycles. The summed E-state index contributed by atoms with van der Waals surface area (Å²) in [4.78, 5) is 11.4. The standard InChI is InChI=1S/C20H21F3N2O4/c1-20(2,7-10-3-13(21)18(23)14(22)4-10)24-8-16(27)12-5-11(26)6-15-19(12)29-9-17(28)25-15/h3-6,16,24,26-27H,7-9H2,1-2H3,(H,25,28)/t16-/m0/s1. The molecule has 0 spiro atoms. The van der Waals surface area contributed by atoms with Gasteiger partial charge < -0.3 is 25.6 Å². The quantitative estimate of drug-likeness (QED) is 0.550. The Kier molecular flexibility index (Phi) is 5.72. The van der Waals surface area contributed by atoms with Crippen LogP contribution in [-0.4, -0.2) is 34.8 Å². The fourth-order valence-electron chi connectivity index (χ4n) is 3.23. The molecule has 0 saturated heterocycles. The van der Waals surface area contributed by atoms with E-state index in [1.54, 1.807) is 13.8 Å². The number of ether oxygens (including phenoxy) is 1. The van der Waals surface area contributed by atoms with Crippen molar-refractivity contribution in [3.8, 4) is 11.5 Å². The Balaban J connectivity index is 1.72. The predicted octanol–water partition coefficient (Wildman–Crippen LogP) is 2.78. The third kappa shape index (κ3) is 4.80. The van der Waals surface area contributed by atoms with Crippen LogP contribution < -0.4 is 15.4 Å². The van der Waals surface area contributed by atoms with Crippen LogP contribution in [0.1, 0.15) is 31.1 Å². The number of carbonyl (C=O) groups excluding carboxylic acids is 1. The number of aliphatic hydroxyl groups excluding tert-OH is 1. The van der Waals surface area contributed by atoms with Crippen LogP contribution in [0.2, 0.25) is 0 Å². The molecule has 1 atom stereocenters. The second kappa shape index (κ2) is 7.92. The SMILES string of the molecule is CC(C)(Cc1cc(F)c(F)c(F)c1)NC[C@H](O)c1cc(O)cc2c1OCC(=O)N2. The van der Waals surface area contributed by atoms with Crippen LogP contribution in [-0.2, 0) is 11.2 Å². The number of rotatable bonds is 6. The molecule has 2 aromatic rings. The lowest BCUT2D eigenvalue weighted by atomic mass is 9.94. The summed E-state index contributed by atoms with van der Waals surface area (Å²) in [7, 11) is 0. The van der Waals surface area contributed by atoms with Crippen molar-refractivity contribution in [2.24, 2.45) is 0 Å². The number of benzene rings is 2. The molecule has 0 radical (unpaired) electrons. The summed E-state index contributed by atoms with van der Waals surface area (Å²) in [5, 5.41) is 26.1. The number of nitrogens with one attached hydrogen (secondary N) is 2.